The van der Waals surface area contributed by atoms with Crippen LogP contribution in [0.4, 0.5) is 5.82 Å². The van der Waals surface area contributed by atoms with Crippen LogP contribution in [0.15, 0.2) is 12.4 Å². The maximum atomic E-state index is 6.05. The third-order valence-electron chi connectivity index (χ3n) is 3.93. The molecule has 0 bridgehead atoms. The molecule has 0 unspecified atom stereocenters. The summed E-state index contributed by atoms with van der Waals surface area (Å²) in [5.41, 5.74) is -0.0902. The van der Waals surface area contributed by atoms with Crippen LogP contribution in [0.25, 0.3) is 0 Å². The van der Waals surface area contributed by atoms with E-state index in [0.29, 0.717) is 5.88 Å². The Bertz CT molecular complexity index is 469. The topological polar surface area (TPSA) is 56.7 Å². The molecule has 0 aromatic carbocycles. The second-order valence-corrected chi connectivity index (χ2v) is 5.95. The number of anilines is 1. The first-order chi connectivity index (χ1) is 10.2. The van der Waals surface area contributed by atoms with Crippen LogP contribution in [-0.2, 0) is 9.47 Å². The second-order valence-electron chi connectivity index (χ2n) is 5.95. The minimum Gasteiger partial charge on any atom is -0.474 e. The molecule has 2 aliphatic rings. The molecule has 1 aromatic rings. The van der Waals surface area contributed by atoms with E-state index >= 15 is 0 Å². The molecule has 0 aliphatic carbocycles. The molecule has 2 aliphatic heterocycles. The van der Waals surface area contributed by atoms with E-state index in [-0.39, 0.29) is 11.7 Å². The average Bonchev–Trinajstić information content (AvgIpc) is 2.48. The second kappa shape index (κ2) is 6.15. The first kappa shape index (κ1) is 14.5. The largest absolute Gasteiger partial charge is 0.474 e. The Morgan fingerprint density at radius 1 is 1.24 bits per heavy atom. The standard InChI is InChI=1S/C15H23N3O3/c1-12(2)21-14-10-16-9-13(17-14)18-5-8-20-15(11-18)3-6-19-7-4-15/h9-10,12H,3-8,11H2,1-2H3. The van der Waals surface area contributed by atoms with E-state index in [1.54, 1.807) is 12.4 Å². The zero-order valence-electron chi connectivity index (χ0n) is 12.7. The number of ether oxygens (including phenoxy) is 3. The molecule has 21 heavy (non-hydrogen) atoms. The van der Waals surface area contributed by atoms with Crippen molar-refractivity contribution in [1.29, 1.82) is 0 Å². The summed E-state index contributed by atoms with van der Waals surface area (Å²) in [5.74, 6) is 1.44. The van der Waals surface area contributed by atoms with Crippen molar-refractivity contribution in [3.05, 3.63) is 12.4 Å². The highest BCUT2D eigenvalue weighted by Gasteiger charge is 2.38. The monoisotopic (exact) mass is 293 g/mol. The molecule has 116 valence electrons. The summed E-state index contributed by atoms with van der Waals surface area (Å²) >= 11 is 0. The molecule has 2 fully saturated rings. The normalized spacial score (nSPS) is 21.8. The van der Waals surface area contributed by atoms with Crippen molar-refractivity contribution in [1.82, 2.24) is 9.97 Å². The van der Waals surface area contributed by atoms with Gasteiger partial charge in [0.25, 0.3) is 0 Å². The van der Waals surface area contributed by atoms with Gasteiger partial charge in [0, 0.05) is 39.1 Å². The van der Waals surface area contributed by atoms with Crippen molar-refractivity contribution in [2.24, 2.45) is 0 Å². The highest BCUT2D eigenvalue weighted by atomic mass is 16.5. The van der Waals surface area contributed by atoms with Gasteiger partial charge < -0.3 is 19.1 Å². The fourth-order valence-corrected chi connectivity index (χ4v) is 2.88. The quantitative estimate of drug-likeness (QED) is 0.844. The van der Waals surface area contributed by atoms with Crippen LogP contribution in [0, 0.1) is 0 Å². The van der Waals surface area contributed by atoms with Gasteiger partial charge >= 0.3 is 0 Å². The van der Waals surface area contributed by atoms with E-state index < -0.39 is 0 Å². The van der Waals surface area contributed by atoms with Crippen molar-refractivity contribution in [3.63, 3.8) is 0 Å². The van der Waals surface area contributed by atoms with Gasteiger partial charge in [-0.1, -0.05) is 0 Å². The maximum Gasteiger partial charge on any atom is 0.234 e. The summed E-state index contributed by atoms with van der Waals surface area (Å²) < 4.78 is 17.1. The first-order valence-corrected chi connectivity index (χ1v) is 7.62. The zero-order valence-corrected chi connectivity index (χ0v) is 12.7. The molecule has 0 amide bonds. The van der Waals surface area contributed by atoms with E-state index in [4.69, 9.17) is 14.2 Å². The minimum absolute atomic E-state index is 0.0902. The molecule has 1 aromatic heterocycles. The summed E-state index contributed by atoms with van der Waals surface area (Å²) in [6, 6.07) is 0. The summed E-state index contributed by atoms with van der Waals surface area (Å²) in [7, 11) is 0. The fourth-order valence-electron chi connectivity index (χ4n) is 2.88. The number of hydrogen-bond acceptors (Lipinski definition) is 6. The van der Waals surface area contributed by atoms with Crippen LogP contribution in [0.2, 0.25) is 0 Å². The number of hydrogen-bond donors (Lipinski definition) is 0. The van der Waals surface area contributed by atoms with Crippen LogP contribution in [-0.4, -0.2) is 54.6 Å². The molecule has 0 radical (unpaired) electrons. The van der Waals surface area contributed by atoms with Crippen LogP contribution >= 0.6 is 0 Å². The van der Waals surface area contributed by atoms with E-state index in [9.17, 15) is 0 Å². The lowest BCUT2D eigenvalue weighted by atomic mass is 9.92. The molecule has 3 heterocycles. The van der Waals surface area contributed by atoms with Gasteiger partial charge in [0.05, 0.1) is 30.7 Å². The van der Waals surface area contributed by atoms with Gasteiger partial charge in [0.1, 0.15) is 0 Å². The van der Waals surface area contributed by atoms with E-state index in [2.05, 4.69) is 14.9 Å². The number of rotatable bonds is 3. The first-order valence-electron chi connectivity index (χ1n) is 7.62. The molecule has 0 atom stereocenters. The summed E-state index contributed by atoms with van der Waals surface area (Å²) in [4.78, 5) is 11.1. The predicted molar refractivity (Wildman–Crippen MR) is 78.7 cm³/mol. The molecule has 0 saturated carbocycles. The van der Waals surface area contributed by atoms with Crippen molar-refractivity contribution < 1.29 is 14.2 Å². The van der Waals surface area contributed by atoms with Crippen LogP contribution in [0.5, 0.6) is 5.88 Å². The van der Waals surface area contributed by atoms with Gasteiger partial charge in [-0.15, -0.1) is 0 Å². The number of nitrogens with zero attached hydrogens (tertiary/aromatic N) is 3. The third-order valence-corrected chi connectivity index (χ3v) is 3.93. The Labute approximate surface area is 125 Å². The molecule has 6 nitrogen and oxygen atoms in total. The van der Waals surface area contributed by atoms with Gasteiger partial charge in [-0.3, -0.25) is 4.98 Å². The Morgan fingerprint density at radius 2 is 2.05 bits per heavy atom. The smallest absolute Gasteiger partial charge is 0.234 e. The highest BCUT2D eigenvalue weighted by molar-refractivity contribution is 5.39. The van der Waals surface area contributed by atoms with Gasteiger partial charge in [-0.05, 0) is 13.8 Å². The molecule has 1 spiro atoms. The molecular formula is C15H23N3O3. The minimum atomic E-state index is -0.0902. The van der Waals surface area contributed by atoms with Gasteiger partial charge in [0.2, 0.25) is 5.88 Å². The summed E-state index contributed by atoms with van der Waals surface area (Å²) in [6.45, 7) is 7.92. The molecule has 2 saturated heterocycles. The van der Waals surface area contributed by atoms with E-state index in [1.165, 1.54) is 0 Å². The zero-order chi connectivity index (χ0) is 14.7. The molecular weight excluding hydrogens is 270 g/mol. The Hall–Kier alpha value is -1.40. The lowest BCUT2D eigenvalue weighted by molar-refractivity contribution is -0.116. The highest BCUT2D eigenvalue weighted by Crippen LogP contribution is 2.31. The van der Waals surface area contributed by atoms with Gasteiger partial charge in [-0.2, -0.15) is 4.98 Å². The maximum absolute atomic E-state index is 6.05. The van der Waals surface area contributed by atoms with Gasteiger partial charge in [-0.25, -0.2) is 0 Å². The SMILES string of the molecule is CC(C)Oc1cncc(N2CCOC3(CCOCC3)C2)n1. The lowest BCUT2D eigenvalue weighted by Crippen LogP contribution is -2.54. The fraction of sp³-hybridized carbons (Fsp3) is 0.733. The number of aromatic nitrogens is 2. The Kier molecular flexibility index (Phi) is 4.26. The lowest BCUT2D eigenvalue weighted by Gasteiger charge is -2.45. The van der Waals surface area contributed by atoms with Crippen LogP contribution in [0.3, 0.4) is 0 Å². The third kappa shape index (κ3) is 3.44. The molecule has 6 heteroatoms. The molecule has 0 N–H and O–H groups in total. The van der Waals surface area contributed by atoms with Crippen LogP contribution < -0.4 is 9.64 Å². The van der Waals surface area contributed by atoms with Crippen LogP contribution in [0.1, 0.15) is 26.7 Å². The Balaban J connectivity index is 1.73. The number of morpholine rings is 1. The van der Waals surface area contributed by atoms with Crippen molar-refractivity contribution in [3.8, 4) is 5.88 Å². The predicted octanol–water partition coefficient (Wildman–Crippen LogP) is 1.65. The van der Waals surface area contributed by atoms with Crippen molar-refractivity contribution in [2.75, 3.05) is 37.8 Å². The summed E-state index contributed by atoms with van der Waals surface area (Å²) in [6.07, 6.45) is 5.44. The van der Waals surface area contributed by atoms with Crippen molar-refractivity contribution >= 4 is 5.82 Å². The molecule has 3 rings (SSSR count). The van der Waals surface area contributed by atoms with Gasteiger partial charge in [0.15, 0.2) is 5.82 Å². The summed E-state index contributed by atoms with van der Waals surface area (Å²) in [5, 5.41) is 0. The Morgan fingerprint density at radius 3 is 2.81 bits per heavy atom. The van der Waals surface area contributed by atoms with E-state index in [0.717, 1.165) is 51.6 Å². The van der Waals surface area contributed by atoms with Crippen molar-refractivity contribution in [2.45, 2.75) is 38.4 Å². The average molecular weight is 293 g/mol. The van der Waals surface area contributed by atoms with E-state index in [1.807, 2.05) is 13.8 Å².